The van der Waals surface area contributed by atoms with Gasteiger partial charge in [-0.2, -0.15) is 0 Å². The standard InChI is InChI=1S/C26H31N3O2/c1-18-8-11-20(12-9-18)16-29(26(31)27-23-6-4-3-5-7-23)17-22-15-21-13-10-19(2)14-24(21)28-25(22)30/h8-15,23H,3-7,16-17H2,1-2H3,(H,27,31)(H,28,30). The van der Waals surface area contributed by atoms with Gasteiger partial charge in [0.2, 0.25) is 0 Å². The summed E-state index contributed by atoms with van der Waals surface area (Å²) in [6, 6.07) is 16.2. The third-order valence-electron chi connectivity index (χ3n) is 6.15. The maximum Gasteiger partial charge on any atom is 0.318 e. The highest BCUT2D eigenvalue weighted by atomic mass is 16.2. The molecule has 0 radical (unpaired) electrons. The number of amides is 2. The smallest absolute Gasteiger partial charge is 0.318 e. The number of fused-ring (bicyclic) bond motifs is 1. The van der Waals surface area contributed by atoms with E-state index in [1.165, 1.54) is 12.0 Å². The molecule has 162 valence electrons. The minimum atomic E-state index is -0.141. The number of H-pyrrole nitrogens is 1. The van der Waals surface area contributed by atoms with E-state index in [4.69, 9.17) is 0 Å². The van der Waals surface area contributed by atoms with Gasteiger partial charge >= 0.3 is 6.03 Å². The summed E-state index contributed by atoms with van der Waals surface area (Å²) in [6.07, 6.45) is 5.62. The van der Waals surface area contributed by atoms with Crippen LogP contribution >= 0.6 is 0 Å². The molecule has 5 nitrogen and oxygen atoms in total. The molecule has 0 bridgehead atoms. The van der Waals surface area contributed by atoms with Crippen LogP contribution in [0.2, 0.25) is 0 Å². The average Bonchev–Trinajstić information content (AvgIpc) is 2.76. The first kappa shape index (κ1) is 21.2. The molecule has 31 heavy (non-hydrogen) atoms. The van der Waals surface area contributed by atoms with Crippen molar-refractivity contribution in [1.82, 2.24) is 15.2 Å². The molecule has 1 aromatic heterocycles. The fourth-order valence-electron chi connectivity index (χ4n) is 4.31. The maximum atomic E-state index is 13.2. The monoisotopic (exact) mass is 417 g/mol. The molecule has 0 atom stereocenters. The van der Waals surface area contributed by atoms with Gasteiger partial charge in [-0.3, -0.25) is 4.79 Å². The van der Waals surface area contributed by atoms with Crippen LogP contribution in [0.15, 0.2) is 53.3 Å². The number of nitrogens with one attached hydrogen (secondary N) is 2. The predicted molar refractivity (Wildman–Crippen MR) is 125 cm³/mol. The zero-order chi connectivity index (χ0) is 21.8. The minimum Gasteiger partial charge on any atom is -0.335 e. The molecule has 0 saturated heterocycles. The van der Waals surface area contributed by atoms with Crippen molar-refractivity contribution in [3.05, 3.63) is 81.1 Å². The van der Waals surface area contributed by atoms with Crippen LogP contribution in [-0.2, 0) is 13.1 Å². The number of aromatic nitrogens is 1. The maximum absolute atomic E-state index is 13.2. The number of carbonyl (C=O) groups is 1. The van der Waals surface area contributed by atoms with Gasteiger partial charge in [-0.15, -0.1) is 0 Å². The van der Waals surface area contributed by atoms with E-state index < -0.39 is 0 Å². The highest BCUT2D eigenvalue weighted by Crippen LogP contribution is 2.19. The number of carbonyl (C=O) groups excluding carboxylic acids is 1. The number of pyridine rings is 1. The zero-order valence-corrected chi connectivity index (χ0v) is 18.4. The predicted octanol–water partition coefficient (Wildman–Crippen LogP) is 5.19. The molecule has 1 aliphatic carbocycles. The molecule has 2 aromatic carbocycles. The van der Waals surface area contributed by atoms with Crippen LogP contribution in [0, 0.1) is 13.8 Å². The molecule has 0 aliphatic heterocycles. The summed E-state index contributed by atoms with van der Waals surface area (Å²) < 4.78 is 0. The van der Waals surface area contributed by atoms with Gasteiger partial charge in [0.1, 0.15) is 0 Å². The minimum absolute atomic E-state index is 0.101. The SMILES string of the molecule is Cc1ccc(CN(Cc2cc3ccc(C)cc3[nH]c2=O)C(=O)NC2CCCCC2)cc1. The van der Waals surface area contributed by atoms with Crippen LogP contribution in [0.5, 0.6) is 0 Å². The number of nitrogens with zero attached hydrogens (tertiary/aromatic N) is 1. The first-order valence-corrected chi connectivity index (χ1v) is 11.2. The first-order chi connectivity index (χ1) is 15.0. The van der Waals surface area contributed by atoms with Crippen molar-refractivity contribution in [2.45, 2.75) is 65.1 Å². The van der Waals surface area contributed by atoms with Crippen molar-refractivity contribution in [3.63, 3.8) is 0 Å². The zero-order valence-electron chi connectivity index (χ0n) is 18.4. The fourth-order valence-corrected chi connectivity index (χ4v) is 4.31. The van der Waals surface area contributed by atoms with E-state index in [-0.39, 0.29) is 24.2 Å². The largest absolute Gasteiger partial charge is 0.335 e. The number of aryl methyl sites for hydroxylation is 2. The third kappa shape index (κ3) is 5.35. The Hall–Kier alpha value is -3.08. The summed E-state index contributed by atoms with van der Waals surface area (Å²) >= 11 is 0. The average molecular weight is 418 g/mol. The molecule has 2 amide bonds. The van der Waals surface area contributed by atoms with Crippen LogP contribution in [0.3, 0.4) is 0 Å². The molecule has 1 aliphatic rings. The summed E-state index contributed by atoms with van der Waals surface area (Å²) in [5.41, 5.74) is 4.62. The Kier molecular flexibility index (Phi) is 6.40. The van der Waals surface area contributed by atoms with Gasteiger partial charge in [0.25, 0.3) is 5.56 Å². The molecule has 1 saturated carbocycles. The topological polar surface area (TPSA) is 65.2 Å². The fraction of sp³-hybridized carbons (Fsp3) is 0.385. The van der Waals surface area contributed by atoms with Gasteiger partial charge in [-0.1, -0.05) is 61.2 Å². The van der Waals surface area contributed by atoms with Crippen LogP contribution in [0.25, 0.3) is 10.9 Å². The summed E-state index contributed by atoms with van der Waals surface area (Å²) in [7, 11) is 0. The van der Waals surface area contributed by atoms with E-state index in [9.17, 15) is 9.59 Å². The number of aromatic amines is 1. The van der Waals surface area contributed by atoms with Crippen molar-refractivity contribution >= 4 is 16.9 Å². The molecule has 1 fully saturated rings. The van der Waals surface area contributed by atoms with Crippen molar-refractivity contribution in [3.8, 4) is 0 Å². The molecule has 5 heteroatoms. The second-order valence-corrected chi connectivity index (χ2v) is 8.84. The lowest BCUT2D eigenvalue weighted by molar-refractivity contribution is 0.184. The molecular formula is C26H31N3O2. The lowest BCUT2D eigenvalue weighted by Crippen LogP contribution is -2.45. The van der Waals surface area contributed by atoms with Crippen molar-refractivity contribution in [2.75, 3.05) is 0 Å². The van der Waals surface area contributed by atoms with Crippen LogP contribution in [0.4, 0.5) is 4.79 Å². The Morgan fingerprint density at radius 2 is 1.68 bits per heavy atom. The van der Waals surface area contributed by atoms with E-state index >= 15 is 0 Å². The number of hydrogen-bond acceptors (Lipinski definition) is 2. The Bertz CT molecular complexity index is 1110. The van der Waals surface area contributed by atoms with E-state index in [0.717, 1.165) is 47.7 Å². The summed E-state index contributed by atoms with van der Waals surface area (Å²) in [5.74, 6) is 0. The van der Waals surface area contributed by atoms with Gasteiger partial charge in [0.15, 0.2) is 0 Å². The van der Waals surface area contributed by atoms with Crippen molar-refractivity contribution < 1.29 is 4.79 Å². The highest BCUT2D eigenvalue weighted by Gasteiger charge is 2.21. The molecule has 2 N–H and O–H groups in total. The normalized spacial score (nSPS) is 14.5. The number of urea groups is 1. The van der Waals surface area contributed by atoms with Gasteiger partial charge in [0.05, 0.1) is 6.54 Å². The van der Waals surface area contributed by atoms with Crippen molar-refractivity contribution in [2.24, 2.45) is 0 Å². The Morgan fingerprint density at radius 1 is 0.968 bits per heavy atom. The lowest BCUT2D eigenvalue weighted by Gasteiger charge is -2.28. The lowest BCUT2D eigenvalue weighted by atomic mass is 9.96. The van der Waals surface area contributed by atoms with Crippen LogP contribution in [0.1, 0.15) is 54.4 Å². The van der Waals surface area contributed by atoms with E-state index in [1.54, 1.807) is 4.90 Å². The molecule has 3 aromatic rings. The Labute approximate surface area is 183 Å². The van der Waals surface area contributed by atoms with Crippen LogP contribution < -0.4 is 10.9 Å². The molecule has 4 rings (SSSR count). The van der Waals surface area contributed by atoms with Crippen LogP contribution in [-0.4, -0.2) is 22.0 Å². The second kappa shape index (κ2) is 9.38. The highest BCUT2D eigenvalue weighted by molar-refractivity contribution is 5.80. The number of benzene rings is 2. The molecular weight excluding hydrogens is 386 g/mol. The Balaban J connectivity index is 1.59. The number of hydrogen-bond donors (Lipinski definition) is 2. The third-order valence-corrected chi connectivity index (χ3v) is 6.15. The quantitative estimate of drug-likeness (QED) is 0.600. The molecule has 0 unspecified atom stereocenters. The summed E-state index contributed by atoms with van der Waals surface area (Å²) in [5, 5.41) is 4.18. The summed E-state index contributed by atoms with van der Waals surface area (Å²) in [4.78, 5) is 30.7. The van der Waals surface area contributed by atoms with E-state index in [2.05, 4.69) is 22.4 Å². The van der Waals surface area contributed by atoms with Crippen molar-refractivity contribution in [1.29, 1.82) is 0 Å². The Morgan fingerprint density at radius 3 is 2.42 bits per heavy atom. The second-order valence-electron chi connectivity index (χ2n) is 8.84. The molecule has 0 spiro atoms. The van der Waals surface area contributed by atoms with Gasteiger partial charge in [-0.05, 0) is 55.3 Å². The van der Waals surface area contributed by atoms with Gasteiger partial charge < -0.3 is 15.2 Å². The van der Waals surface area contributed by atoms with Gasteiger partial charge in [0, 0.05) is 23.7 Å². The van der Waals surface area contributed by atoms with Gasteiger partial charge in [-0.25, -0.2) is 4.79 Å². The first-order valence-electron chi connectivity index (χ1n) is 11.2. The molecule has 1 heterocycles. The summed E-state index contributed by atoms with van der Waals surface area (Å²) in [6.45, 7) is 4.79. The van der Waals surface area contributed by atoms with E-state index in [1.807, 2.05) is 50.2 Å². The number of rotatable bonds is 5. The van der Waals surface area contributed by atoms with E-state index in [0.29, 0.717) is 12.1 Å².